The first-order valence-electron chi connectivity index (χ1n) is 9.34. The minimum absolute atomic E-state index is 0.0506. The molecule has 0 unspecified atom stereocenters. The van der Waals surface area contributed by atoms with Gasteiger partial charge in [0, 0.05) is 27.4 Å². The summed E-state index contributed by atoms with van der Waals surface area (Å²) in [7, 11) is 0. The van der Waals surface area contributed by atoms with E-state index >= 15 is 0 Å². The first kappa shape index (κ1) is 18.1. The van der Waals surface area contributed by atoms with Crippen molar-refractivity contribution in [2.24, 2.45) is 0 Å². The number of fused-ring (bicyclic) bond motifs is 1. The molecule has 0 spiro atoms. The van der Waals surface area contributed by atoms with Gasteiger partial charge in [0.15, 0.2) is 0 Å². The summed E-state index contributed by atoms with van der Waals surface area (Å²) in [5.41, 5.74) is 3.67. The molecule has 3 N–H and O–H groups in total. The largest absolute Gasteiger partial charge is 0.508 e. The normalized spacial score (nSPS) is 11.1. The number of thiophene rings is 1. The fraction of sp³-hybridized carbons (Fsp3) is 0. The molecule has 0 saturated heterocycles. The molecule has 6 heteroatoms. The third kappa shape index (κ3) is 3.13. The molecule has 146 valence electrons. The van der Waals surface area contributed by atoms with E-state index in [1.807, 2.05) is 48.5 Å². The molecule has 0 saturated carbocycles. The first-order valence-corrected chi connectivity index (χ1v) is 10.2. The number of aromatic nitrogens is 2. The van der Waals surface area contributed by atoms with Crippen molar-refractivity contribution < 1.29 is 9.90 Å². The zero-order chi connectivity index (χ0) is 20.7. The summed E-state index contributed by atoms with van der Waals surface area (Å²) < 4.78 is 0.850. The van der Waals surface area contributed by atoms with Gasteiger partial charge in [-0.15, -0.1) is 11.3 Å². The summed E-state index contributed by atoms with van der Waals surface area (Å²) in [6.45, 7) is 0. The van der Waals surface area contributed by atoms with E-state index in [2.05, 4.69) is 9.97 Å². The van der Waals surface area contributed by atoms with Gasteiger partial charge in [0.1, 0.15) is 5.75 Å². The number of carbonyl (C=O) groups is 1. The first-order chi connectivity index (χ1) is 14.6. The van der Waals surface area contributed by atoms with Gasteiger partial charge in [-0.25, -0.2) is 4.79 Å². The van der Waals surface area contributed by atoms with Crippen molar-refractivity contribution in [3.8, 4) is 28.1 Å². The van der Waals surface area contributed by atoms with Crippen LogP contribution in [0, 0.1) is 0 Å². The van der Waals surface area contributed by atoms with Crippen molar-refractivity contribution >= 4 is 27.2 Å². The SMILES string of the molecule is O=C(c1ccccc1)c1sc2cc(O)ccc2c1-c1ccc(-c2c[nH]c(=O)[nH]2)cc1. The predicted molar refractivity (Wildman–Crippen MR) is 119 cm³/mol. The van der Waals surface area contributed by atoms with Crippen LogP contribution in [0.4, 0.5) is 0 Å². The summed E-state index contributed by atoms with van der Waals surface area (Å²) in [4.78, 5) is 30.6. The Labute approximate surface area is 175 Å². The lowest BCUT2D eigenvalue weighted by Crippen LogP contribution is -2.00. The topological polar surface area (TPSA) is 85.9 Å². The number of rotatable bonds is 4. The number of benzene rings is 3. The number of phenolic OH excluding ortho intramolecular Hbond substituents is 1. The third-order valence-electron chi connectivity index (χ3n) is 5.00. The van der Waals surface area contributed by atoms with Crippen LogP contribution in [0.5, 0.6) is 5.75 Å². The quantitative estimate of drug-likeness (QED) is 0.355. The van der Waals surface area contributed by atoms with Gasteiger partial charge < -0.3 is 15.1 Å². The minimum atomic E-state index is -0.256. The number of nitrogens with one attached hydrogen (secondary N) is 2. The van der Waals surface area contributed by atoms with Crippen molar-refractivity contribution in [2.45, 2.75) is 0 Å². The number of phenols is 1. The minimum Gasteiger partial charge on any atom is -0.508 e. The third-order valence-corrected chi connectivity index (χ3v) is 6.15. The van der Waals surface area contributed by atoms with E-state index in [-0.39, 0.29) is 17.2 Å². The van der Waals surface area contributed by atoms with Crippen LogP contribution < -0.4 is 5.69 Å². The Balaban J connectivity index is 1.67. The second kappa shape index (κ2) is 7.17. The Kier molecular flexibility index (Phi) is 4.34. The molecule has 0 aliphatic carbocycles. The molecule has 0 bridgehead atoms. The number of aromatic amines is 2. The van der Waals surface area contributed by atoms with Crippen molar-refractivity contribution in [1.29, 1.82) is 0 Å². The Hall–Kier alpha value is -3.90. The van der Waals surface area contributed by atoms with Crippen LogP contribution in [0.3, 0.4) is 0 Å². The number of carbonyl (C=O) groups excluding carboxylic acids is 1. The van der Waals surface area contributed by atoms with E-state index in [1.165, 1.54) is 11.3 Å². The molecule has 30 heavy (non-hydrogen) atoms. The van der Waals surface area contributed by atoms with Crippen LogP contribution in [-0.4, -0.2) is 20.9 Å². The van der Waals surface area contributed by atoms with Crippen LogP contribution in [0.25, 0.3) is 32.5 Å². The maximum Gasteiger partial charge on any atom is 0.323 e. The number of hydrogen-bond acceptors (Lipinski definition) is 4. The number of H-pyrrole nitrogens is 2. The molecule has 0 aliphatic rings. The van der Waals surface area contributed by atoms with Gasteiger partial charge in [-0.2, -0.15) is 0 Å². The summed E-state index contributed by atoms with van der Waals surface area (Å²) in [5.74, 6) is 0.117. The number of aromatic hydroxyl groups is 1. The lowest BCUT2D eigenvalue weighted by Gasteiger charge is -2.07. The molecular weight excluding hydrogens is 396 g/mol. The maximum atomic E-state index is 13.3. The van der Waals surface area contributed by atoms with E-state index in [4.69, 9.17) is 0 Å². The molecule has 0 fully saturated rings. The molecule has 5 rings (SSSR count). The van der Waals surface area contributed by atoms with Crippen LogP contribution in [0.1, 0.15) is 15.2 Å². The van der Waals surface area contributed by atoms with Crippen LogP contribution in [0.2, 0.25) is 0 Å². The molecule has 5 nitrogen and oxygen atoms in total. The van der Waals surface area contributed by atoms with Crippen LogP contribution >= 0.6 is 11.3 Å². The predicted octanol–water partition coefficient (Wildman–Crippen LogP) is 5.19. The van der Waals surface area contributed by atoms with E-state index in [0.29, 0.717) is 16.1 Å². The van der Waals surface area contributed by atoms with Crippen LogP contribution in [0.15, 0.2) is 83.8 Å². The van der Waals surface area contributed by atoms with E-state index < -0.39 is 0 Å². The molecule has 0 radical (unpaired) electrons. The molecule has 2 aromatic heterocycles. The lowest BCUT2D eigenvalue weighted by atomic mass is 9.97. The van der Waals surface area contributed by atoms with Gasteiger partial charge in [0.05, 0.1) is 10.6 Å². The van der Waals surface area contributed by atoms with E-state index in [9.17, 15) is 14.7 Å². The smallest absolute Gasteiger partial charge is 0.323 e. The zero-order valence-electron chi connectivity index (χ0n) is 15.7. The van der Waals surface area contributed by atoms with Crippen molar-refractivity contribution in [3.05, 3.63) is 99.9 Å². The monoisotopic (exact) mass is 412 g/mol. The molecule has 0 aliphatic heterocycles. The van der Waals surface area contributed by atoms with Gasteiger partial charge in [-0.1, -0.05) is 54.6 Å². The van der Waals surface area contributed by atoms with Crippen LogP contribution in [-0.2, 0) is 0 Å². The summed E-state index contributed by atoms with van der Waals surface area (Å²) in [6, 6.07) is 22.0. The summed E-state index contributed by atoms with van der Waals surface area (Å²) in [6.07, 6.45) is 1.63. The molecule has 5 aromatic rings. The number of imidazole rings is 1. The molecule has 3 aromatic carbocycles. The number of hydrogen-bond donors (Lipinski definition) is 3. The highest BCUT2D eigenvalue weighted by Crippen LogP contribution is 2.41. The molecule has 0 atom stereocenters. The summed E-state index contributed by atoms with van der Waals surface area (Å²) in [5, 5.41) is 10.8. The highest BCUT2D eigenvalue weighted by molar-refractivity contribution is 7.21. The zero-order valence-corrected chi connectivity index (χ0v) is 16.5. The van der Waals surface area contributed by atoms with Gasteiger partial charge >= 0.3 is 5.69 Å². The molecule has 2 heterocycles. The van der Waals surface area contributed by atoms with Gasteiger partial charge in [0.25, 0.3) is 0 Å². The average Bonchev–Trinajstić information content (AvgIpc) is 3.37. The molecular formula is C24H16N2O3S. The highest BCUT2D eigenvalue weighted by atomic mass is 32.1. The second-order valence-corrected chi connectivity index (χ2v) is 7.97. The van der Waals surface area contributed by atoms with Gasteiger partial charge in [-0.05, 0) is 29.3 Å². The average molecular weight is 412 g/mol. The Bertz CT molecular complexity index is 1430. The summed E-state index contributed by atoms with van der Waals surface area (Å²) >= 11 is 1.38. The lowest BCUT2D eigenvalue weighted by molar-refractivity contribution is 0.104. The van der Waals surface area contributed by atoms with E-state index in [1.54, 1.807) is 30.5 Å². The fourth-order valence-electron chi connectivity index (χ4n) is 3.56. The molecule has 0 amide bonds. The Morgan fingerprint density at radius 2 is 1.63 bits per heavy atom. The van der Waals surface area contributed by atoms with Crippen molar-refractivity contribution in [2.75, 3.05) is 0 Å². The Morgan fingerprint density at radius 1 is 0.900 bits per heavy atom. The van der Waals surface area contributed by atoms with E-state index in [0.717, 1.165) is 26.8 Å². The highest BCUT2D eigenvalue weighted by Gasteiger charge is 2.21. The maximum absolute atomic E-state index is 13.3. The second-order valence-electron chi connectivity index (χ2n) is 6.92. The standard InChI is InChI=1S/C24H16N2O3S/c27-17-10-11-18-20(12-17)30-23(22(28)16-4-2-1-3-5-16)21(18)15-8-6-14(7-9-15)19-13-25-24(29)26-19/h1-13,27H,(H2,25,26,29). The number of ketones is 1. The van der Waals surface area contributed by atoms with Gasteiger partial charge in [-0.3, -0.25) is 4.79 Å². The van der Waals surface area contributed by atoms with Crippen molar-refractivity contribution in [1.82, 2.24) is 9.97 Å². The van der Waals surface area contributed by atoms with Gasteiger partial charge in [0.2, 0.25) is 5.78 Å². The van der Waals surface area contributed by atoms with Crippen molar-refractivity contribution in [3.63, 3.8) is 0 Å². The fourth-order valence-corrected chi connectivity index (χ4v) is 4.78. The Morgan fingerprint density at radius 3 is 2.33 bits per heavy atom.